The maximum absolute atomic E-state index is 13.3. The van der Waals surface area contributed by atoms with E-state index in [2.05, 4.69) is 22.1 Å². The van der Waals surface area contributed by atoms with E-state index in [9.17, 15) is 8.78 Å². The highest BCUT2D eigenvalue weighted by molar-refractivity contribution is 5.35. The number of ether oxygens (including phenoxy) is 1. The van der Waals surface area contributed by atoms with Crippen LogP contribution in [-0.4, -0.2) is 48.8 Å². The molecule has 1 saturated heterocycles. The summed E-state index contributed by atoms with van der Waals surface area (Å²) in [7, 11) is 0. The van der Waals surface area contributed by atoms with Crippen molar-refractivity contribution in [2.75, 3.05) is 38.1 Å². The predicted octanol–water partition coefficient (Wildman–Crippen LogP) is 1.49. The maximum atomic E-state index is 13.3. The summed E-state index contributed by atoms with van der Waals surface area (Å²) < 4.78 is 31.6. The van der Waals surface area contributed by atoms with E-state index >= 15 is 0 Å². The Morgan fingerprint density at radius 2 is 2.39 bits per heavy atom. The van der Waals surface area contributed by atoms with Crippen molar-refractivity contribution >= 4 is 5.82 Å². The number of morpholine rings is 1. The Kier molecular flexibility index (Phi) is 4.43. The van der Waals surface area contributed by atoms with Crippen LogP contribution >= 0.6 is 0 Å². The molecule has 1 aliphatic heterocycles. The quantitative estimate of drug-likeness (QED) is 0.887. The highest BCUT2D eigenvalue weighted by atomic mass is 19.1. The summed E-state index contributed by atoms with van der Waals surface area (Å²) in [4.78, 5) is 5.94. The van der Waals surface area contributed by atoms with Crippen molar-refractivity contribution in [1.29, 1.82) is 0 Å². The second kappa shape index (κ2) is 6.06. The van der Waals surface area contributed by atoms with Gasteiger partial charge in [0.2, 0.25) is 0 Å². The van der Waals surface area contributed by atoms with Crippen molar-refractivity contribution in [2.24, 2.45) is 0 Å². The van der Waals surface area contributed by atoms with Gasteiger partial charge < -0.3 is 10.1 Å². The largest absolute Gasteiger partial charge is 0.374 e. The van der Waals surface area contributed by atoms with E-state index in [4.69, 9.17) is 4.74 Å². The molecule has 0 spiro atoms. The molecule has 4 nitrogen and oxygen atoms in total. The van der Waals surface area contributed by atoms with Gasteiger partial charge in [-0.1, -0.05) is 6.92 Å². The number of likely N-dealkylation sites (N-methyl/N-ethyl adjacent to an activating group) is 1. The Morgan fingerprint density at radius 3 is 3.11 bits per heavy atom. The molecule has 100 valence electrons. The SMILES string of the molecule is CCN1CCOC(CNc2ncc(F)cc2F)C1. The van der Waals surface area contributed by atoms with Gasteiger partial charge in [0.15, 0.2) is 11.6 Å². The Labute approximate surface area is 105 Å². The average Bonchev–Trinajstić information content (AvgIpc) is 2.38. The van der Waals surface area contributed by atoms with Crippen LogP contribution in [0.2, 0.25) is 0 Å². The Hall–Kier alpha value is -1.27. The lowest BCUT2D eigenvalue weighted by atomic mass is 10.2. The molecule has 1 aromatic heterocycles. The molecule has 1 aromatic rings. The van der Waals surface area contributed by atoms with E-state index in [0.717, 1.165) is 31.9 Å². The molecule has 0 aromatic carbocycles. The van der Waals surface area contributed by atoms with Gasteiger partial charge in [-0.3, -0.25) is 4.90 Å². The van der Waals surface area contributed by atoms with Crippen LogP contribution in [0.4, 0.5) is 14.6 Å². The lowest BCUT2D eigenvalue weighted by Gasteiger charge is -2.32. The van der Waals surface area contributed by atoms with Gasteiger partial charge in [-0.2, -0.15) is 0 Å². The van der Waals surface area contributed by atoms with Gasteiger partial charge in [0.05, 0.1) is 18.9 Å². The molecule has 0 bridgehead atoms. The Morgan fingerprint density at radius 1 is 1.56 bits per heavy atom. The molecule has 2 heterocycles. The molecule has 18 heavy (non-hydrogen) atoms. The van der Waals surface area contributed by atoms with Crippen LogP contribution in [0.3, 0.4) is 0 Å². The van der Waals surface area contributed by atoms with Crippen LogP contribution in [0, 0.1) is 11.6 Å². The molecule has 1 atom stereocenters. The first kappa shape index (κ1) is 13.2. The topological polar surface area (TPSA) is 37.4 Å². The van der Waals surface area contributed by atoms with Crippen LogP contribution < -0.4 is 5.32 Å². The molecule has 2 rings (SSSR count). The molecule has 0 aliphatic carbocycles. The fourth-order valence-electron chi connectivity index (χ4n) is 1.95. The van der Waals surface area contributed by atoms with Crippen molar-refractivity contribution in [3.8, 4) is 0 Å². The number of rotatable bonds is 4. The maximum Gasteiger partial charge on any atom is 0.168 e. The third kappa shape index (κ3) is 3.36. The van der Waals surface area contributed by atoms with Crippen molar-refractivity contribution in [2.45, 2.75) is 13.0 Å². The average molecular weight is 257 g/mol. The molecule has 0 amide bonds. The van der Waals surface area contributed by atoms with Crippen molar-refractivity contribution in [3.05, 3.63) is 23.9 Å². The fourth-order valence-corrected chi connectivity index (χ4v) is 1.95. The molecular weight excluding hydrogens is 240 g/mol. The smallest absolute Gasteiger partial charge is 0.168 e. The highest BCUT2D eigenvalue weighted by Crippen LogP contribution is 2.12. The van der Waals surface area contributed by atoms with Crippen LogP contribution in [0.25, 0.3) is 0 Å². The second-order valence-corrected chi connectivity index (χ2v) is 4.25. The number of nitrogens with one attached hydrogen (secondary N) is 1. The summed E-state index contributed by atoms with van der Waals surface area (Å²) in [6.45, 7) is 5.95. The van der Waals surface area contributed by atoms with Gasteiger partial charge in [-0.15, -0.1) is 0 Å². The first-order valence-corrected chi connectivity index (χ1v) is 6.08. The minimum atomic E-state index is -0.682. The summed E-state index contributed by atoms with van der Waals surface area (Å²) in [5, 5.41) is 2.85. The number of hydrogen-bond donors (Lipinski definition) is 1. The van der Waals surface area contributed by atoms with E-state index in [0.29, 0.717) is 13.2 Å². The summed E-state index contributed by atoms with van der Waals surface area (Å²) >= 11 is 0. The van der Waals surface area contributed by atoms with Gasteiger partial charge in [0.25, 0.3) is 0 Å². The van der Waals surface area contributed by atoms with Crippen LogP contribution in [0.1, 0.15) is 6.92 Å². The van der Waals surface area contributed by atoms with E-state index in [-0.39, 0.29) is 11.9 Å². The second-order valence-electron chi connectivity index (χ2n) is 4.25. The molecule has 6 heteroatoms. The van der Waals surface area contributed by atoms with Gasteiger partial charge in [-0.25, -0.2) is 13.8 Å². The third-order valence-corrected chi connectivity index (χ3v) is 2.98. The Balaban J connectivity index is 1.87. The zero-order valence-electron chi connectivity index (χ0n) is 10.3. The standard InChI is InChI=1S/C12H17F2N3O/c1-2-17-3-4-18-10(8-17)7-16-12-11(14)5-9(13)6-15-12/h5-6,10H,2-4,7-8H2,1H3,(H,15,16). The Bertz CT molecular complexity index is 403. The number of pyridine rings is 1. The molecule has 1 N–H and O–H groups in total. The molecule has 0 radical (unpaired) electrons. The highest BCUT2D eigenvalue weighted by Gasteiger charge is 2.19. The minimum Gasteiger partial charge on any atom is -0.374 e. The number of nitrogens with zero attached hydrogens (tertiary/aromatic N) is 2. The summed E-state index contributed by atoms with van der Waals surface area (Å²) in [6, 6.07) is 0.815. The predicted molar refractivity (Wildman–Crippen MR) is 64.5 cm³/mol. The number of hydrogen-bond acceptors (Lipinski definition) is 4. The van der Waals surface area contributed by atoms with E-state index in [1.165, 1.54) is 0 Å². The summed E-state index contributed by atoms with van der Waals surface area (Å²) in [6.07, 6.45) is 0.996. The van der Waals surface area contributed by atoms with Gasteiger partial charge >= 0.3 is 0 Å². The molecule has 1 aliphatic rings. The third-order valence-electron chi connectivity index (χ3n) is 2.98. The molecule has 1 unspecified atom stereocenters. The zero-order chi connectivity index (χ0) is 13.0. The number of aromatic nitrogens is 1. The minimum absolute atomic E-state index is 0.00459. The first-order valence-electron chi connectivity index (χ1n) is 6.08. The first-order chi connectivity index (χ1) is 8.69. The van der Waals surface area contributed by atoms with Gasteiger partial charge in [0, 0.05) is 25.7 Å². The monoisotopic (exact) mass is 257 g/mol. The van der Waals surface area contributed by atoms with E-state index in [1.807, 2.05) is 0 Å². The normalized spacial score (nSPS) is 20.9. The molecule has 1 fully saturated rings. The number of anilines is 1. The van der Waals surface area contributed by atoms with Gasteiger partial charge in [0.1, 0.15) is 5.82 Å². The van der Waals surface area contributed by atoms with Crippen LogP contribution in [-0.2, 0) is 4.74 Å². The van der Waals surface area contributed by atoms with Gasteiger partial charge in [-0.05, 0) is 6.54 Å². The van der Waals surface area contributed by atoms with E-state index < -0.39 is 11.6 Å². The van der Waals surface area contributed by atoms with Crippen LogP contribution in [0.15, 0.2) is 12.3 Å². The molecule has 0 saturated carbocycles. The fraction of sp³-hybridized carbons (Fsp3) is 0.583. The summed E-state index contributed by atoms with van der Waals surface area (Å²) in [5.74, 6) is -1.30. The zero-order valence-corrected chi connectivity index (χ0v) is 10.3. The van der Waals surface area contributed by atoms with Crippen molar-refractivity contribution in [3.63, 3.8) is 0 Å². The summed E-state index contributed by atoms with van der Waals surface area (Å²) in [5.41, 5.74) is 0. The lowest BCUT2D eigenvalue weighted by molar-refractivity contribution is -0.0192. The lowest BCUT2D eigenvalue weighted by Crippen LogP contribution is -2.45. The van der Waals surface area contributed by atoms with Crippen molar-refractivity contribution < 1.29 is 13.5 Å². The number of halogens is 2. The van der Waals surface area contributed by atoms with Crippen LogP contribution in [0.5, 0.6) is 0 Å². The van der Waals surface area contributed by atoms with Crippen molar-refractivity contribution in [1.82, 2.24) is 9.88 Å². The van der Waals surface area contributed by atoms with E-state index in [1.54, 1.807) is 0 Å². The molecular formula is C12H17F2N3O.